The van der Waals surface area contributed by atoms with E-state index in [2.05, 4.69) is 10.3 Å². The molecule has 1 aliphatic rings. The number of carbonyl (C=O) groups is 1. The van der Waals surface area contributed by atoms with Gasteiger partial charge in [-0.3, -0.25) is 4.79 Å². The van der Waals surface area contributed by atoms with Gasteiger partial charge in [0.2, 0.25) is 15.9 Å². The van der Waals surface area contributed by atoms with E-state index in [-0.39, 0.29) is 35.0 Å². The molecule has 144 valence electrons. The minimum absolute atomic E-state index is 0.0275. The zero-order chi connectivity index (χ0) is 19.6. The summed E-state index contributed by atoms with van der Waals surface area (Å²) in [7, 11) is -3.74. The second-order valence-electron chi connectivity index (χ2n) is 6.08. The van der Waals surface area contributed by atoms with Crippen molar-refractivity contribution in [3.05, 3.63) is 51.7 Å². The highest BCUT2D eigenvalue weighted by Gasteiger charge is 2.33. The van der Waals surface area contributed by atoms with Crippen molar-refractivity contribution >= 4 is 56.4 Å². The van der Waals surface area contributed by atoms with E-state index in [4.69, 9.17) is 34.8 Å². The molecular weight excluding hydrogens is 433 g/mol. The number of sulfonamides is 1. The topological polar surface area (TPSA) is 79.4 Å². The molecule has 1 fully saturated rings. The molecule has 3 rings (SSSR count). The van der Waals surface area contributed by atoms with Crippen molar-refractivity contribution in [2.75, 3.05) is 18.4 Å². The predicted molar refractivity (Wildman–Crippen MR) is 106 cm³/mol. The zero-order valence-electron chi connectivity index (χ0n) is 14.0. The number of anilines is 1. The first kappa shape index (κ1) is 20.4. The number of carbonyl (C=O) groups excluding carboxylic acids is 1. The number of amides is 1. The molecule has 27 heavy (non-hydrogen) atoms. The summed E-state index contributed by atoms with van der Waals surface area (Å²) in [6.07, 6.45) is 2.21. The molecule has 0 atom stereocenters. The quantitative estimate of drug-likeness (QED) is 0.715. The summed E-state index contributed by atoms with van der Waals surface area (Å²) >= 11 is 17.9. The van der Waals surface area contributed by atoms with Crippen molar-refractivity contribution in [3.8, 4) is 0 Å². The van der Waals surface area contributed by atoms with E-state index in [1.54, 1.807) is 18.2 Å². The van der Waals surface area contributed by atoms with Crippen LogP contribution in [0.2, 0.25) is 15.2 Å². The summed E-state index contributed by atoms with van der Waals surface area (Å²) in [6, 6.07) is 7.75. The van der Waals surface area contributed by atoms with Crippen LogP contribution in [0.25, 0.3) is 0 Å². The molecule has 2 aromatic rings. The number of aromatic nitrogens is 1. The van der Waals surface area contributed by atoms with Gasteiger partial charge in [0, 0.05) is 30.2 Å². The van der Waals surface area contributed by atoms with Crippen molar-refractivity contribution in [1.82, 2.24) is 9.29 Å². The van der Waals surface area contributed by atoms with Crippen LogP contribution in [0, 0.1) is 5.92 Å². The Morgan fingerprint density at radius 2 is 1.85 bits per heavy atom. The lowest BCUT2D eigenvalue weighted by molar-refractivity contribution is -0.120. The van der Waals surface area contributed by atoms with Gasteiger partial charge in [0.15, 0.2) is 0 Å². The van der Waals surface area contributed by atoms with Gasteiger partial charge in [0.1, 0.15) is 10.0 Å². The fraction of sp³-hybridized carbons (Fsp3) is 0.294. The number of nitrogens with zero attached hydrogens (tertiary/aromatic N) is 2. The highest BCUT2D eigenvalue weighted by molar-refractivity contribution is 7.89. The van der Waals surface area contributed by atoms with Gasteiger partial charge >= 0.3 is 0 Å². The van der Waals surface area contributed by atoms with Crippen molar-refractivity contribution in [2.45, 2.75) is 17.7 Å². The summed E-state index contributed by atoms with van der Waals surface area (Å²) in [5.74, 6) is -0.536. The Hall–Kier alpha value is -1.38. The molecule has 1 aliphatic heterocycles. The average molecular weight is 449 g/mol. The molecule has 2 heterocycles. The second kappa shape index (κ2) is 8.32. The van der Waals surface area contributed by atoms with E-state index < -0.39 is 10.0 Å². The number of hydrogen-bond donors (Lipinski definition) is 1. The molecule has 6 nitrogen and oxygen atoms in total. The van der Waals surface area contributed by atoms with Gasteiger partial charge in [0.25, 0.3) is 0 Å². The Labute approximate surface area is 172 Å². The van der Waals surface area contributed by atoms with Crippen LogP contribution in [0.4, 0.5) is 5.69 Å². The normalized spacial score (nSPS) is 16.3. The van der Waals surface area contributed by atoms with Crippen LogP contribution in [-0.4, -0.2) is 36.7 Å². The average Bonchev–Trinajstić information content (AvgIpc) is 2.65. The van der Waals surface area contributed by atoms with Crippen LogP contribution in [0.1, 0.15) is 12.8 Å². The Morgan fingerprint density at radius 1 is 1.15 bits per heavy atom. The summed E-state index contributed by atoms with van der Waals surface area (Å²) in [4.78, 5) is 16.3. The number of rotatable bonds is 4. The van der Waals surface area contributed by atoms with Crippen LogP contribution in [0.5, 0.6) is 0 Å². The van der Waals surface area contributed by atoms with E-state index in [1.165, 1.54) is 22.6 Å². The molecule has 10 heteroatoms. The third-order valence-electron chi connectivity index (χ3n) is 4.35. The van der Waals surface area contributed by atoms with Gasteiger partial charge in [-0.15, -0.1) is 0 Å². The summed E-state index contributed by atoms with van der Waals surface area (Å²) in [5, 5.41) is 3.55. The van der Waals surface area contributed by atoms with E-state index in [0.717, 1.165) is 0 Å². The Kier molecular flexibility index (Phi) is 6.28. The van der Waals surface area contributed by atoms with Gasteiger partial charge in [-0.2, -0.15) is 4.31 Å². The number of piperidine rings is 1. The number of benzene rings is 1. The molecule has 1 N–H and O–H groups in total. The van der Waals surface area contributed by atoms with Crippen LogP contribution in [0.3, 0.4) is 0 Å². The minimum atomic E-state index is -3.74. The fourth-order valence-electron chi connectivity index (χ4n) is 2.89. The number of halogens is 3. The van der Waals surface area contributed by atoms with Crippen molar-refractivity contribution in [2.24, 2.45) is 5.92 Å². The van der Waals surface area contributed by atoms with E-state index in [0.29, 0.717) is 28.6 Å². The third kappa shape index (κ3) is 4.55. The van der Waals surface area contributed by atoms with Gasteiger partial charge in [0.05, 0.1) is 10.7 Å². The maximum Gasteiger partial charge on any atom is 0.246 e. The maximum atomic E-state index is 12.7. The Morgan fingerprint density at radius 3 is 2.52 bits per heavy atom. The molecule has 0 bridgehead atoms. The molecule has 1 aromatic carbocycles. The van der Waals surface area contributed by atoms with E-state index >= 15 is 0 Å². The lowest BCUT2D eigenvalue weighted by Crippen LogP contribution is -2.41. The van der Waals surface area contributed by atoms with Crippen LogP contribution in [-0.2, 0) is 14.8 Å². The molecule has 0 radical (unpaired) electrons. The maximum absolute atomic E-state index is 12.7. The van der Waals surface area contributed by atoms with Crippen molar-refractivity contribution in [3.63, 3.8) is 0 Å². The largest absolute Gasteiger partial charge is 0.324 e. The number of pyridine rings is 1. The molecule has 0 saturated carbocycles. The molecular formula is C17H16Cl3N3O3S. The lowest BCUT2D eigenvalue weighted by atomic mass is 9.97. The number of hydrogen-bond acceptors (Lipinski definition) is 4. The molecule has 1 amide bonds. The van der Waals surface area contributed by atoms with Gasteiger partial charge < -0.3 is 5.32 Å². The standard InChI is InChI=1S/C17H16Cl3N3O3S/c18-12-3-4-13(19)14(10-12)22-17(24)11-5-8-23(9-6-11)27(25,26)15-2-1-7-21-16(15)20/h1-4,7,10-11H,5-6,8-9H2,(H,22,24). The lowest BCUT2D eigenvalue weighted by Gasteiger charge is -2.30. The Bertz CT molecular complexity index is 961. The summed E-state index contributed by atoms with van der Waals surface area (Å²) in [5.41, 5.74) is 0.436. The third-order valence-corrected chi connectivity index (χ3v) is 7.26. The monoisotopic (exact) mass is 447 g/mol. The molecule has 0 unspecified atom stereocenters. The smallest absolute Gasteiger partial charge is 0.246 e. The highest BCUT2D eigenvalue weighted by atomic mass is 35.5. The van der Waals surface area contributed by atoms with Gasteiger partial charge in [-0.25, -0.2) is 13.4 Å². The Balaban J connectivity index is 1.66. The first-order valence-electron chi connectivity index (χ1n) is 8.15. The first-order chi connectivity index (χ1) is 12.8. The SMILES string of the molecule is O=C(Nc1cc(Cl)ccc1Cl)C1CCN(S(=O)(=O)c2cccnc2Cl)CC1. The minimum Gasteiger partial charge on any atom is -0.324 e. The van der Waals surface area contributed by atoms with Gasteiger partial charge in [-0.1, -0.05) is 34.8 Å². The molecule has 0 aliphatic carbocycles. The van der Waals surface area contributed by atoms with E-state index in [9.17, 15) is 13.2 Å². The van der Waals surface area contributed by atoms with Gasteiger partial charge in [-0.05, 0) is 43.2 Å². The van der Waals surface area contributed by atoms with Crippen LogP contribution in [0.15, 0.2) is 41.4 Å². The summed E-state index contributed by atoms with van der Waals surface area (Å²) < 4.78 is 26.8. The summed E-state index contributed by atoms with van der Waals surface area (Å²) in [6.45, 7) is 0.434. The van der Waals surface area contributed by atoms with Crippen LogP contribution < -0.4 is 5.32 Å². The number of nitrogens with one attached hydrogen (secondary N) is 1. The zero-order valence-corrected chi connectivity index (χ0v) is 17.1. The fourth-order valence-corrected chi connectivity index (χ4v) is 5.12. The highest BCUT2D eigenvalue weighted by Crippen LogP contribution is 2.29. The molecule has 1 saturated heterocycles. The first-order valence-corrected chi connectivity index (χ1v) is 10.7. The predicted octanol–water partition coefficient (Wildman–Crippen LogP) is 4.08. The second-order valence-corrected chi connectivity index (χ2v) is 9.19. The van der Waals surface area contributed by atoms with E-state index in [1.807, 2.05) is 0 Å². The van der Waals surface area contributed by atoms with Crippen molar-refractivity contribution in [1.29, 1.82) is 0 Å². The van der Waals surface area contributed by atoms with Crippen molar-refractivity contribution < 1.29 is 13.2 Å². The van der Waals surface area contributed by atoms with Crippen LogP contribution >= 0.6 is 34.8 Å². The molecule has 1 aromatic heterocycles. The molecule has 0 spiro atoms.